The summed E-state index contributed by atoms with van der Waals surface area (Å²) in [7, 11) is 0. The minimum atomic E-state index is -1.07. The summed E-state index contributed by atoms with van der Waals surface area (Å²) in [6.45, 7) is 3.74. The molecule has 1 fully saturated rings. The second kappa shape index (κ2) is 6.76. The molecular weight excluding hydrogens is 373 g/mol. The Labute approximate surface area is 160 Å². The minimum Gasteiger partial charge on any atom is -0.299 e. The molecule has 26 heavy (non-hydrogen) atoms. The van der Waals surface area contributed by atoms with E-state index in [0.29, 0.717) is 47.7 Å². The van der Waals surface area contributed by atoms with Crippen LogP contribution in [0.5, 0.6) is 0 Å². The smallest absolute Gasteiger partial charge is 0.274 e. The highest BCUT2D eigenvalue weighted by atomic mass is 35.5. The molecule has 2 aromatic heterocycles. The zero-order valence-corrected chi connectivity index (χ0v) is 16.0. The van der Waals surface area contributed by atoms with Crippen LogP contribution in [0.3, 0.4) is 0 Å². The maximum absolute atomic E-state index is 14.0. The summed E-state index contributed by atoms with van der Waals surface area (Å²) >= 11 is 7.70. The number of fused-ring (bicyclic) bond motifs is 1. The molecule has 1 aliphatic rings. The Morgan fingerprint density at radius 1 is 1.31 bits per heavy atom. The van der Waals surface area contributed by atoms with Crippen LogP contribution in [0.2, 0.25) is 5.02 Å². The van der Waals surface area contributed by atoms with E-state index in [1.807, 2.05) is 18.2 Å². The van der Waals surface area contributed by atoms with Crippen molar-refractivity contribution in [3.63, 3.8) is 0 Å². The molecule has 3 aromatic rings. The Bertz CT molecular complexity index is 1000. The molecule has 1 aromatic carbocycles. The van der Waals surface area contributed by atoms with Crippen molar-refractivity contribution in [3.8, 4) is 5.69 Å². The minimum absolute atomic E-state index is 0.0717. The fourth-order valence-corrected chi connectivity index (χ4v) is 4.37. The van der Waals surface area contributed by atoms with E-state index in [-0.39, 0.29) is 5.56 Å². The highest BCUT2D eigenvalue weighted by Gasteiger charge is 2.29. The molecule has 0 atom stereocenters. The van der Waals surface area contributed by atoms with E-state index in [0.717, 1.165) is 11.3 Å². The SMILES string of the molecule is CC1(F)CCN(Cc2cc(-n3sc4ncccc4c3=O)ccc2Cl)CC1. The van der Waals surface area contributed by atoms with Gasteiger partial charge in [0.15, 0.2) is 0 Å². The van der Waals surface area contributed by atoms with Gasteiger partial charge in [-0.25, -0.2) is 13.3 Å². The second-order valence-electron chi connectivity index (χ2n) is 7.01. The average molecular weight is 392 g/mol. The van der Waals surface area contributed by atoms with Gasteiger partial charge in [-0.1, -0.05) is 11.6 Å². The fraction of sp³-hybridized carbons (Fsp3) is 0.368. The third-order valence-corrected chi connectivity index (χ3v) is 6.35. The summed E-state index contributed by atoms with van der Waals surface area (Å²) in [5.74, 6) is 0. The highest BCUT2D eigenvalue weighted by molar-refractivity contribution is 7.13. The van der Waals surface area contributed by atoms with Gasteiger partial charge >= 0.3 is 0 Å². The predicted molar refractivity (Wildman–Crippen MR) is 104 cm³/mol. The lowest BCUT2D eigenvalue weighted by molar-refractivity contribution is 0.0705. The number of aromatic nitrogens is 2. The first-order valence-corrected chi connectivity index (χ1v) is 9.75. The van der Waals surface area contributed by atoms with Crippen LogP contribution in [-0.2, 0) is 6.54 Å². The van der Waals surface area contributed by atoms with Gasteiger partial charge in [-0.05, 0) is 67.2 Å². The third kappa shape index (κ3) is 3.41. The summed E-state index contributed by atoms with van der Waals surface area (Å²) in [5, 5.41) is 1.28. The van der Waals surface area contributed by atoms with Gasteiger partial charge in [-0.15, -0.1) is 0 Å². The van der Waals surface area contributed by atoms with Gasteiger partial charge < -0.3 is 0 Å². The molecule has 0 aliphatic carbocycles. The topological polar surface area (TPSA) is 38.1 Å². The molecule has 0 radical (unpaired) electrons. The summed E-state index contributed by atoms with van der Waals surface area (Å²) in [6, 6.07) is 9.17. The van der Waals surface area contributed by atoms with Crippen LogP contribution in [0.1, 0.15) is 25.3 Å². The molecular formula is C19H19ClFN3OS. The molecule has 0 saturated carbocycles. The molecule has 1 aliphatic heterocycles. The van der Waals surface area contributed by atoms with Crippen LogP contribution in [0.4, 0.5) is 4.39 Å². The number of rotatable bonds is 3. The molecule has 4 nitrogen and oxygen atoms in total. The number of benzene rings is 1. The lowest BCUT2D eigenvalue weighted by atomic mass is 9.95. The van der Waals surface area contributed by atoms with Crippen LogP contribution in [0.15, 0.2) is 41.3 Å². The van der Waals surface area contributed by atoms with E-state index in [2.05, 4.69) is 9.88 Å². The molecule has 3 heterocycles. The van der Waals surface area contributed by atoms with Crippen molar-refractivity contribution in [2.24, 2.45) is 0 Å². The van der Waals surface area contributed by atoms with Gasteiger partial charge in [0.05, 0.1) is 11.1 Å². The van der Waals surface area contributed by atoms with Gasteiger partial charge in [0.1, 0.15) is 10.5 Å². The average Bonchev–Trinajstić information content (AvgIpc) is 2.96. The van der Waals surface area contributed by atoms with Crippen molar-refractivity contribution in [2.75, 3.05) is 13.1 Å². The highest BCUT2D eigenvalue weighted by Crippen LogP contribution is 2.29. The standard InChI is InChI=1S/C19H19ClFN3OS/c1-19(21)6-9-23(10-7-19)12-13-11-14(4-5-16(13)20)24-18(25)15-3-2-8-22-17(15)26-24/h2-5,8,11H,6-7,9-10,12H2,1H3. The summed E-state index contributed by atoms with van der Waals surface area (Å²) < 4.78 is 15.6. The van der Waals surface area contributed by atoms with E-state index in [1.165, 1.54) is 11.5 Å². The Morgan fingerprint density at radius 3 is 2.81 bits per heavy atom. The zero-order chi connectivity index (χ0) is 18.3. The van der Waals surface area contributed by atoms with E-state index < -0.39 is 5.67 Å². The number of alkyl halides is 1. The van der Waals surface area contributed by atoms with Crippen LogP contribution < -0.4 is 5.56 Å². The van der Waals surface area contributed by atoms with Crippen molar-refractivity contribution >= 4 is 33.4 Å². The lowest BCUT2D eigenvalue weighted by Crippen LogP contribution is -2.39. The Morgan fingerprint density at radius 2 is 2.08 bits per heavy atom. The predicted octanol–water partition coefficient (Wildman–Crippen LogP) is 4.42. The number of hydrogen-bond donors (Lipinski definition) is 0. The largest absolute Gasteiger partial charge is 0.299 e. The quantitative estimate of drug-likeness (QED) is 0.663. The summed E-state index contributed by atoms with van der Waals surface area (Å²) in [5.41, 5.74) is 0.589. The number of piperidine rings is 1. The Kier molecular flexibility index (Phi) is 4.59. The molecule has 0 unspecified atom stereocenters. The van der Waals surface area contributed by atoms with Crippen molar-refractivity contribution in [1.29, 1.82) is 0 Å². The van der Waals surface area contributed by atoms with Gasteiger partial charge in [-0.3, -0.25) is 9.69 Å². The van der Waals surface area contributed by atoms with E-state index in [1.54, 1.807) is 29.2 Å². The van der Waals surface area contributed by atoms with Crippen LogP contribution in [0, 0.1) is 0 Å². The Balaban J connectivity index is 1.64. The molecule has 136 valence electrons. The van der Waals surface area contributed by atoms with Crippen molar-refractivity contribution in [3.05, 3.63) is 57.5 Å². The molecule has 0 bridgehead atoms. The maximum Gasteiger partial charge on any atom is 0.274 e. The van der Waals surface area contributed by atoms with Crippen LogP contribution >= 0.6 is 23.1 Å². The number of halogens is 2. The normalized spacial score (nSPS) is 17.7. The van der Waals surface area contributed by atoms with Crippen LogP contribution in [-0.4, -0.2) is 32.6 Å². The van der Waals surface area contributed by atoms with Gasteiger partial charge in [0, 0.05) is 30.9 Å². The van der Waals surface area contributed by atoms with Gasteiger partial charge in [0.2, 0.25) is 0 Å². The van der Waals surface area contributed by atoms with Crippen LogP contribution in [0.25, 0.3) is 15.9 Å². The monoisotopic (exact) mass is 391 g/mol. The second-order valence-corrected chi connectivity index (χ2v) is 8.35. The number of likely N-dealkylation sites (tertiary alicyclic amines) is 1. The molecule has 1 saturated heterocycles. The summed E-state index contributed by atoms with van der Waals surface area (Å²) in [4.78, 5) is 19.8. The first-order valence-electron chi connectivity index (χ1n) is 8.60. The van der Waals surface area contributed by atoms with E-state index in [4.69, 9.17) is 11.6 Å². The van der Waals surface area contributed by atoms with Crippen molar-refractivity contribution in [2.45, 2.75) is 32.0 Å². The van der Waals surface area contributed by atoms with E-state index in [9.17, 15) is 9.18 Å². The summed E-state index contributed by atoms with van der Waals surface area (Å²) in [6.07, 6.45) is 2.75. The third-order valence-electron chi connectivity index (χ3n) is 4.92. The fourth-order valence-electron chi connectivity index (χ4n) is 3.26. The number of nitrogens with zero attached hydrogens (tertiary/aromatic N) is 3. The molecule has 0 N–H and O–H groups in total. The van der Waals surface area contributed by atoms with Gasteiger partial charge in [-0.2, -0.15) is 0 Å². The Hall–Kier alpha value is -1.76. The maximum atomic E-state index is 14.0. The first kappa shape index (κ1) is 17.6. The van der Waals surface area contributed by atoms with Gasteiger partial charge in [0.25, 0.3) is 5.56 Å². The molecule has 0 amide bonds. The molecule has 0 spiro atoms. The van der Waals surface area contributed by atoms with Crippen molar-refractivity contribution in [1.82, 2.24) is 13.8 Å². The number of pyridine rings is 1. The van der Waals surface area contributed by atoms with E-state index >= 15 is 0 Å². The molecule has 4 rings (SSSR count). The first-order chi connectivity index (χ1) is 12.4. The number of hydrogen-bond acceptors (Lipinski definition) is 4. The van der Waals surface area contributed by atoms with Crippen molar-refractivity contribution < 1.29 is 4.39 Å². The lowest BCUT2D eigenvalue weighted by Gasteiger charge is -2.34. The zero-order valence-electron chi connectivity index (χ0n) is 14.4. The molecule has 7 heteroatoms.